The van der Waals surface area contributed by atoms with E-state index in [4.69, 9.17) is 4.74 Å². The van der Waals surface area contributed by atoms with Gasteiger partial charge in [-0.05, 0) is 18.3 Å². The maximum Gasteiger partial charge on any atom is 0.0753 e. The van der Waals surface area contributed by atoms with Gasteiger partial charge in [0.2, 0.25) is 0 Å². The van der Waals surface area contributed by atoms with Gasteiger partial charge < -0.3 is 10.1 Å². The lowest BCUT2D eigenvalue weighted by molar-refractivity contribution is -0.0655. The molecule has 0 spiro atoms. The minimum Gasteiger partial charge on any atom is -0.375 e. The molecule has 1 saturated carbocycles. The van der Waals surface area contributed by atoms with Gasteiger partial charge >= 0.3 is 0 Å². The van der Waals surface area contributed by atoms with E-state index in [2.05, 4.69) is 12.2 Å². The molecule has 2 aliphatic rings. The second-order valence-electron chi connectivity index (χ2n) is 4.78. The molecule has 2 heteroatoms. The van der Waals surface area contributed by atoms with Gasteiger partial charge in [-0.2, -0.15) is 0 Å². The number of nitrogens with one attached hydrogen (secondary N) is 1. The quantitative estimate of drug-likeness (QED) is 0.671. The zero-order chi connectivity index (χ0) is 9.15. The Kier molecular flexibility index (Phi) is 2.89. The van der Waals surface area contributed by atoms with E-state index in [1.54, 1.807) is 0 Å². The van der Waals surface area contributed by atoms with Crippen molar-refractivity contribution in [3.63, 3.8) is 0 Å². The van der Waals surface area contributed by atoms with Crippen LogP contribution in [0.15, 0.2) is 0 Å². The molecule has 1 aliphatic carbocycles. The smallest absolute Gasteiger partial charge is 0.0753 e. The summed E-state index contributed by atoms with van der Waals surface area (Å²) >= 11 is 0. The normalized spacial score (nSPS) is 34.4. The van der Waals surface area contributed by atoms with E-state index in [9.17, 15) is 0 Å². The van der Waals surface area contributed by atoms with Crippen LogP contribution in [0.4, 0.5) is 0 Å². The van der Waals surface area contributed by atoms with Crippen molar-refractivity contribution < 1.29 is 4.74 Å². The van der Waals surface area contributed by atoms with Crippen molar-refractivity contribution in [1.29, 1.82) is 0 Å². The Balaban J connectivity index is 1.94. The predicted octanol–water partition coefficient (Wildman–Crippen LogP) is 1.95. The Morgan fingerprint density at radius 1 is 1.23 bits per heavy atom. The third-order valence-electron chi connectivity index (χ3n) is 3.70. The zero-order valence-electron chi connectivity index (χ0n) is 8.64. The Hall–Kier alpha value is -0.0800. The molecule has 76 valence electrons. The van der Waals surface area contributed by atoms with E-state index in [1.165, 1.54) is 32.1 Å². The molecule has 0 amide bonds. The lowest BCUT2D eigenvalue weighted by atomic mass is 9.71. The highest BCUT2D eigenvalue weighted by Crippen LogP contribution is 2.40. The molecule has 0 aromatic carbocycles. The lowest BCUT2D eigenvalue weighted by Crippen LogP contribution is -2.48. The Morgan fingerprint density at radius 2 is 2.00 bits per heavy atom. The SMILES string of the molecule is CC1(C2CNCCO2)CCCCC1. The first kappa shape index (κ1) is 9.47. The van der Waals surface area contributed by atoms with E-state index in [-0.39, 0.29) is 0 Å². The fourth-order valence-corrected chi connectivity index (χ4v) is 2.69. The van der Waals surface area contributed by atoms with Crippen LogP contribution in [0, 0.1) is 5.41 Å². The van der Waals surface area contributed by atoms with E-state index in [1.807, 2.05) is 0 Å². The molecular formula is C11H21NO. The number of hydrogen-bond donors (Lipinski definition) is 1. The van der Waals surface area contributed by atoms with Crippen molar-refractivity contribution in [3.05, 3.63) is 0 Å². The first-order valence-electron chi connectivity index (χ1n) is 5.64. The van der Waals surface area contributed by atoms with Crippen LogP contribution in [-0.4, -0.2) is 25.8 Å². The molecule has 13 heavy (non-hydrogen) atoms. The van der Waals surface area contributed by atoms with Crippen molar-refractivity contribution in [2.45, 2.75) is 45.1 Å². The van der Waals surface area contributed by atoms with E-state index >= 15 is 0 Å². The molecule has 2 nitrogen and oxygen atoms in total. The molecule has 0 aromatic rings. The Morgan fingerprint density at radius 3 is 2.62 bits per heavy atom. The molecule has 0 radical (unpaired) electrons. The van der Waals surface area contributed by atoms with Crippen LogP contribution in [0.1, 0.15) is 39.0 Å². The van der Waals surface area contributed by atoms with Crippen LogP contribution >= 0.6 is 0 Å². The fourth-order valence-electron chi connectivity index (χ4n) is 2.69. The number of morpholine rings is 1. The second-order valence-corrected chi connectivity index (χ2v) is 4.78. The molecular weight excluding hydrogens is 162 g/mol. The molecule has 2 rings (SSSR count). The summed E-state index contributed by atoms with van der Waals surface area (Å²) in [7, 11) is 0. The summed E-state index contributed by atoms with van der Waals surface area (Å²) in [6.45, 7) is 5.41. The average Bonchev–Trinajstić information content (AvgIpc) is 2.20. The van der Waals surface area contributed by atoms with Gasteiger partial charge in [0.05, 0.1) is 12.7 Å². The Labute approximate surface area is 81.0 Å². The molecule has 2 fully saturated rings. The minimum atomic E-state index is 0.464. The summed E-state index contributed by atoms with van der Waals surface area (Å²) in [5.74, 6) is 0. The number of rotatable bonds is 1. The van der Waals surface area contributed by atoms with Crippen LogP contribution in [0.5, 0.6) is 0 Å². The van der Waals surface area contributed by atoms with Crippen molar-refractivity contribution in [2.75, 3.05) is 19.7 Å². The molecule has 1 atom stereocenters. The van der Waals surface area contributed by atoms with Crippen molar-refractivity contribution in [3.8, 4) is 0 Å². The third kappa shape index (κ3) is 2.05. The van der Waals surface area contributed by atoms with Crippen LogP contribution < -0.4 is 5.32 Å². The van der Waals surface area contributed by atoms with Crippen LogP contribution in [-0.2, 0) is 4.74 Å². The van der Waals surface area contributed by atoms with Crippen molar-refractivity contribution >= 4 is 0 Å². The van der Waals surface area contributed by atoms with Crippen LogP contribution in [0.3, 0.4) is 0 Å². The van der Waals surface area contributed by atoms with Gasteiger partial charge in [-0.15, -0.1) is 0 Å². The zero-order valence-corrected chi connectivity index (χ0v) is 8.64. The largest absolute Gasteiger partial charge is 0.375 e. The third-order valence-corrected chi connectivity index (χ3v) is 3.70. The molecule has 0 aromatic heterocycles. The maximum atomic E-state index is 5.86. The standard InChI is InChI=1S/C11H21NO/c1-11(5-3-2-4-6-11)10-9-12-7-8-13-10/h10,12H,2-9H2,1H3. The second kappa shape index (κ2) is 3.97. The van der Waals surface area contributed by atoms with Gasteiger partial charge in [0, 0.05) is 13.1 Å². The van der Waals surface area contributed by atoms with Crippen LogP contribution in [0.25, 0.3) is 0 Å². The lowest BCUT2D eigenvalue weighted by Gasteiger charge is -2.42. The highest BCUT2D eigenvalue weighted by Gasteiger charge is 2.36. The predicted molar refractivity (Wildman–Crippen MR) is 53.8 cm³/mol. The van der Waals surface area contributed by atoms with Crippen LogP contribution in [0.2, 0.25) is 0 Å². The summed E-state index contributed by atoms with van der Waals surface area (Å²) in [6.07, 6.45) is 7.42. The minimum absolute atomic E-state index is 0.464. The van der Waals surface area contributed by atoms with Gasteiger partial charge in [0.1, 0.15) is 0 Å². The first-order chi connectivity index (χ1) is 6.31. The molecule has 0 bridgehead atoms. The first-order valence-corrected chi connectivity index (χ1v) is 5.64. The summed E-state index contributed by atoms with van der Waals surface area (Å²) in [6, 6.07) is 0. The molecule has 1 heterocycles. The van der Waals surface area contributed by atoms with Gasteiger partial charge in [-0.25, -0.2) is 0 Å². The summed E-state index contributed by atoms with van der Waals surface area (Å²) in [4.78, 5) is 0. The van der Waals surface area contributed by atoms with Gasteiger partial charge in [0.15, 0.2) is 0 Å². The highest BCUT2D eigenvalue weighted by atomic mass is 16.5. The molecule has 1 aliphatic heterocycles. The number of hydrogen-bond acceptors (Lipinski definition) is 2. The van der Waals surface area contributed by atoms with Gasteiger partial charge in [-0.3, -0.25) is 0 Å². The Bertz CT molecular complexity index is 157. The van der Waals surface area contributed by atoms with Gasteiger partial charge in [-0.1, -0.05) is 26.2 Å². The van der Waals surface area contributed by atoms with Gasteiger partial charge in [0.25, 0.3) is 0 Å². The van der Waals surface area contributed by atoms with E-state index in [0.29, 0.717) is 11.5 Å². The number of ether oxygens (including phenoxy) is 1. The molecule has 1 unspecified atom stereocenters. The van der Waals surface area contributed by atoms with E-state index < -0.39 is 0 Å². The average molecular weight is 183 g/mol. The van der Waals surface area contributed by atoms with Crippen molar-refractivity contribution in [2.24, 2.45) is 5.41 Å². The molecule has 1 N–H and O–H groups in total. The monoisotopic (exact) mass is 183 g/mol. The highest BCUT2D eigenvalue weighted by molar-refractivity contribution is 4.88. The molecule has 1 saturated heterocycles. The van der Waals surface area contributed by atoms with Crippen molar-refractivity contribution in [1.82, 2.24) is 5.32 Å². The summed E-state index contributed by atoms with van der Waals surface area (Å²) in [5, 5.41) is 3.43. The topological polar surface area (TPSA) is 21.3 Å². The van der Waals surface area contributed by atoms with E-state index in [0.717, 1.165) is 19.7 Å². The fraction of sp³-hybridized carbons (Fsp3) is 1.00. The summed E-state index contributed by atoms with van der Waals surface area (Å²) < 4.78 is 5.86. The maximum absolute atomic E-state index is 5.86. The summed E-state index contributed by atoms with van der Waals surface area (Å²) in [5.41, 5.74) is 0.464.